The van der Waals surface area contributed by atoms with Crippen LogP contribution in [0.5, 0.6) is 5.75 Å². The third-order valence-corrected chi connectivity index (χ3v) is 3.77. The molecule has 0 spiro atoms. The Balaban J connectivity index is 2.08. The summed E-state index contributed by atoms with van der Waals surface area (Å²) >= 11 is 0. The highest BCUT2D eigenvalue weighted by Crippen LogP contribution is 2.35. The SMILES string of the molecule is CC(C)Oc1ccc(C(N)C2(C)CCCCO2)cc1. The Labute approximate surface area is 116 Å². The molecule has 2 rings (SSSR count). The molecule has 2 N–H and O–H groups in total. The van der Waals surface area contributed by atoms with Crippen LogP contribution in [-0.4, -0.2) is 18.3 Å². The van der Waals surface area contributed by atoms with Crippen LogP contribution in [0.4, 0.5) is 0 Å². The van der Waals surface area contributed by atoms with Crippen LogP contribution in [0.3, 0.4) is 0 Å². The first-order valence-corrected chi connectivity index (χ1v) is 7.17. The van der Waals surface area contributed by atoms with E-state index in [1.165, 1.54) is 6.42 Å². The molecule has 1 fully saturated rings. The van der Waals surface area contributed by atoms with Crippen LogP contribution in [0, 0.1) is 0 Å². The molecule has 0 aromatic heterocycles. The molecule has 3 heteroatoms. The summed E-state index contributed by atoms with van der Waals surface area (Å²) in [7, 11) is 0. The molecule has 1 aromatic rings. The Morgan fingerprint density at radius 2 is 1.89 bits per heavy atom. The average molecular weight is 263 g/mol. The van der Waals surface area contributed by atoms with Crippen LogP contribution >= 0.6 is 0 Å². The van der Waals surface area contributed by atoms with Crippen LogP contribution in [0.1, 0.15) is 51.6 Å². The molecule has 2 unspecified atom stereocenters. The molecule has 19 heavy (non-hydrogen) atoms. The Hall–Kier alpha value is -1.06. The van der Waals surface area contributed by atoms with E-state index in [-0.39, 0.29) is 17.7 Å². The van der Waals surface area contributed by atoms with Crippen molar-refractivity contribution in [2.45, 2.75) is 57.8 Å². The number of hydrogen-bond donors (Lipinski definition) is 1. The Morgan fingerprint density at radius 1 is 1.21 bits per heavy atom. The van der Waals surface area contributed by atoms with Gasteiger partial charge in [0.05, 0.1) is 17.7 Å². The fourth-order valence-electron chi connectivity index (χ4n) is 2.58. The molecule has 1 heterocycles. The Bertz CT molecular complexity index is 394. The molecule has 2 atom stereocenters. The van der Waals surface area contributed by atoms with Crippen molar-refractivity contribution in [1.82, 2.24) is 0 Å². The van der Waals surface area contributed by atoms with Gasteiger partial charge in [-0.05, 0) is 57.7 Å². The van der Waals surface area contributed by atoms with Gasteiger partial charge in [0.1, 0.15) is 5.75 Å². The molecule has 0 saturated carbocycles. The van der Waals surface area contributed by atoms with Gasteiger partial charge < -0.3 is 15.2 Å². The summed E-state index contributed by atoms with van der Waals surface area (Å²) in [5, 5.41) is 0. The molecule has 106 valence electrons. The van der Waals surface area contributed by atoms with Crippen LogP contribution in [-0.2, 0) is 4.74 Å². The van der Waals surface area contributed by atoms with Gasteiger partial charge in [0, 0.05) is 6.61 Å². The molecule has 0 amide bonds. The van der Waals surface area contributed by atoms with E-state index in [0.717, 1.165) is 30.8 Å². The number of nitrogens with two attached hydrogens (primary N) is 1. The predicted octanol–water partition coefficient (Wildman–Crippen LogP) is 3.43. The first kappa shape index (κ1) is 14.4. The number of benzene rings is 1. The first-order valence-electron chi connectivity index (χ1n) is 7.17. The first-order chi connectivity index (χ1) is 9.01. The van der Waals surface area contributed by atoms with Crippen LogP contribution < -0.4 is 10.5 Å². The van der Waals surface area contributed by atoms with Gasteiger partial charge in [0.2, 0.25) is 0 Å². The maximum Gasteiger partial charge on any atom is 0.119 e. The van der Waals surface area contributed by atoms with Crippen LogP contribution in [0.25, 0.3) is 0 Å². The summed E-state index contributed by atoms with van der Waals surface area (Å²) in [6.45, 7) is 6.99. The van der Waals surface area contributed by atoms with Gasteiger partial charge in [-0.2, -0.15) is 0 Å². The minimum Gasteiger partial charge on any atom is -0.491 e. The van der Waals surface area contributed by atoms with E-state index in [9.17, 15) is 0 Å². The maximum atomic E-state index is 6.39. The van der Waals surface area contributed by atoms with Gasteiger partial charge in [-0.1, -0.05) is 12.1 Å². The van der Waals surface area contributed by atoms with E-state index in [4.69, 9.17) is 15.2 Å². The van der Waals surface area contributed by atoms with Crippen molar-refractivity contribution in [2.75, 3.05) is 6.61 Å². The van der Waals surface area contributed by atoms with Gasteiger partial charge in [-0.3, -0.25) is 0 Å². The average Bonchev–Trinajstić information content (AvgIpc) is 2.39. The second kappa shape index (κ2) is 5.93. The van der Waals surface area contributed by atoms with Crippen molar-refractivity contribution in [2.24, 2.45) is 5.73 Å². The standard InChI is InChI=1S/C16H25NO2/c1-12(2)19-14-8-6-13(7-9-14)15(17)16(3)10-4-5-11-18-16/h6-9,12,15H,4-5,10-11,17H2,1-3H3. The summed E-state index contributed by atoms with van der Waals surface area (Å²) in [4.78, 5) is 0. The van der Waals surface area contributed by atoms with Crippen LogP contribution in [0.2, 0.25) is 0 Å². The van der Waals surface area contributed by atoms with E-state index in [0.29, 0.717) is 0 Å². The molecule has 3 nitrogen and oxygen atoms in total. The van der Waals surface area contributed by atoms with E-state index in [1.54, 1.807) is 0 Å². The topological polar surface area (TPSA) is 44.5 Å². The molecule has 1 aromatic carbocycles. The van der Waals surface area contributed by atoms with Gasteiger partial charge >= 0.3 is 0 Å². The summed E-state index contributed by atoms with van der Waals surface area (Å²) in [5.74, 6) is 0.890. The predicted molar refractivity (Wildman–Crippen MR) is 77.3 cm³/mol. The third kappa shape index (κ3) is 3.48. The number of ether oxygens (including phenoxy) is 2. The highest BCUT2D eigenvalue weighted by Gasteiger charge is 2.35. The number of hydrogen-bond acceptors (Lipinski definition) is 3. The largest absolute Gasteiger partial charge is 0.491 e. The van der Waals surface area contributed by atoms with Gasteiger partial charge in [0.25, 0.3) is 0 Å². The van der Waals surface area contributed by atoms with Gasteiger partial charge in [-0.25, -0.2) is 0 Å². The lowest BCUT2D eigenvalue weighted by atomic mass is 9.85. The second-order valence-corrected chi connectivity index (χ2v) is 5.83. The zero-order valence-corrected chi connectivity index (χ0v) is 12.2. The molecule has 1 aliphatic heterocycles. The van der Waals surface area contributed by atoms with Crippen molar-refractivity contribution in [3.63, 3.8) is 0 Å². The van der Waals surface area contributed by atoms with Crippen molar-refractivity contribution in [3.05, 3.63) is 29.8 Å². The zero-order valence-electron chi connectivity index (χ0n) is 12.2. The van der Waals surface area contributed by atoms with Crippen molar-refractivity contribution in [3.8, 4) is 5.75 Å². The monoisotopic (exact) mass is 263 g/mol. The third-order valence-electron chi connectivity index (χ3n) is 3.77. The number of rotatable bonds is 4. The zero-order chi connectivity index (χ0) is 13.9. The summed E-state index contributed by atoms with van der Waals surface area (Å²) in [6.07, 6.45) is 3.55. The highest BCUT2D eigenvalue weighted by molar-refractivity contribution is 5.30. The van der Waals surface area contributed by atoms with Crippen molar-refractivity contribution < 1.29 is 9.47 Å². The van der Waals surface area contributed by atoms with E-state index in [2.05, 4.69) is 6.92 Å². The van der Waals surface area contributed by atoms with Crippen molar-refractivity contribution >= 4 is 0 Å². The second-order valence-electron chi connectivity index (χ2n) is 5.83. The molecule has 0 bridgehead atoms. The van der Waals surface area contributed by atoms with Gasteiger partial charge in [-0.15, -0.1) is 0 Å². The fraction of sp³-hybridized carbons (Fsp3) is 0.625. The maximum absolute atomic E-state index is 6.39. The Morgan fingerprint density at radius 3 is 2.42 bits per heavy atom. The molecule has 0 aliphatic carbocycles. The lowest BCUT2D eigenvalue weighted by Crippen LogP contribution is -2.43. The summed E-state index contributed by atoms with van der Waals surface area (Å²) in [6, 6.07) is 7.99. The molecular formula is C16H25NO2. The molecule has 1 saturated heterocycles. The summed E-state index contributed by atoms with van der Waals surface area (Å²) < 4.78 is 11.6. The normalized spacial score (nSPS) is 25.3. The molecule has 0 radical (unpaired) electrons. The molecular weight excluding hydrogens is 238 g/mol. The van der Waals surface area contributed by atoms with Crippen molar-refractivity contribution in [1.29, 1.82) is 0 Å². The Kier molecular flexibility index (Phi) is 4.48. The van der Waals surface area contributed by atoms with E-state index in [1.807, 2.05) is 38.1 Å². The van der Waals surface area contributed by atoms with Crippen LogP contribution in [0.15, 0.2) is 24.3 Å². The van der Waals surface area contributed by atoms with E-state index >= 15 is 0 Å². The fourth-order valence-corrected chi connectivity index (χ4v) is 2.58. The highest BCUT2D eigenvalue weighted by atomic mass is 16.5. The minimum absolute atomic E-state index is 0.0825. The van der Waals surface area contributed by atoms with E-state index < -0.39 is 0 Å². The smallest absolute Gasteiger partial charge is 0.119 e. The lowest BCUT2D eigenvalue weighted by molar-refractivity contribution is -0.0820. The lowest BCUT2D eigenvalue weighted by Gasteiger charge is -2.39. The molecule has 1 aliphatic rings. The summed E-state index contributed by atoms with van der Waals surface area (Å²) in [5.41, 5.74) is 7.26. The minimum atomic E-state index is -0.237. The quantitative estimate of drug-likeness (QED) is 0.905. The van der Waals surface area contributed by atoms with Gasteiger partial charge in [0.15, 0.2) is 0 Å².